The molecule has 0 aliphatic heterocycles. The van der Waals surface area contributed by atoms with Gasteiger partial charge in [0.1, 0.15) is 11.4 Å². The van der Waals surface area contributed by atoms with Crippen molar-refractivity contribution in [3.05, 3.63) is 54.4 Å². The maximum Gasteiger partial charge on any atom is 0.242 e. The fraction of sp³-hybridized carbons (Fsp3) is 0.250. The Morgan fingerprint density at radius 3 is 2.35 bits per heavy atom. The van der Waals surface area contributed by atoms with Crippen molar-refractivity contribution in [2.45, 2.75) is 26.6 Å². The van der Waals surface area contributed by atoms with E-state index in [2.05, 4.69) is 24.6 Å². The highest BCUT2D eigenvalue weighted by Gasteiger charge is 2.17. The average molecular weight is 284 g/mol. The van der Waals surface area contributed by atoms with Crippen LogP contribution < -0.4 is 4.43 Å². The van der Waals surface area contributed by atoms with Crippen LogP contribution in [0.2, 0.25) is 19.6 Å². The number of pyridine rings is 1. The number of benzene rings is 1. The topological polar surface area (TPSA) is 34.5 Å². The minimum atomic E-state index is -1.64. The monoisotopic (exact) mass is 284 g/mol. The van der Waals surface area contributed by atoms with Crippen LogP contribution in [0.3, 0.4) is 0 Å². The van der Waals surface area contributed by atoms with Crippen molar-refractivity contribution in [2.24, 2.45) is 4.99 Å². The summed E-state index contributed by atoms with van der Waals surface area (Å²) in [6.07, 6.45) is 3.55. The fourth-order valence-electron chi connectivity index (χ4n) is 1.80. The standard InChI is InChI=1S/C16H20N2OSi/c1-13(14-9-11-17-12-10-14)18-15-7-5-6-8-16(15)19-20(2,3)4/h5-12H,1-4H3. The molecule has 0 bridgehead atoms. The molecule has 0 saturated carbocycles. The van der Waals surface area contributed by atoms with E-state index in [1.165, 1.54) is 0 Å². The molecule has 1 aromatic heterocycles. The molecule has 0 unspecified atom stereocenters. The van der Waals surface area contributed by atoms with E-state index >= 15 is 0 Å². The third-order valence-electron chi connectivity index (χ3n) is 2.67. The van der Waals surface area contributed by atoms with Gasteiger partial charge in [-0.25, -0.2) is 4.99 Å². The molecule has 2 aromatic rings. The van der Waals surface area contributed by atoms with Gasteiger partial charge >= 0.3 is 0 Å². The Hall–Kier alpha value is -1.94. The summed E-state index contributed by atoms with van der Waals surface area (Å²) in [5.41, 5.74) is 2.91. The Morgan fingerprint density at radius 1 is 1.05 bits per heavy atom. The van der Waals surface area contributed by atoms with Crippen LogP contribution in [0.5, 0.6) is 5.75 Å². The van der Waals surface area contributed by atoms with Gasteiger partial charge in [-0.05, 0) is 56.4 Å². The molecule has 0 aliphatic rings. The second kappa shape index (κ2) is 6.01. The van der Waals surface area contributed by atoms with E-state index in [1.807, 2.05) is 43.3 Å². The van der Waals surface area contributed by atoms with Gasteiger partial charge < -0.3 is 4.43 Å². The van der Waals surface area contributed by atoms with Crippen molar-refractivity contribution in [1.82, 2.24) is 4.98 Å². The average Bonchev–Trinajstić information content (AvgIpc) is 2.40. The molecule has 0 N–H and O–H groups in total. The predicted molar refractivity (Wildman–Crippen MR) is 86.5 cm³/mol. The third-order valence-corrected chi connectivity index (χ3v) is 3.50. The zero-order chi connectivity index (χ0) is 14.6. The number of hydrogen-bond acceptors (Lipinski definition) is 3. The van der Waals surface area contributed by atoms with Crippen molar-refractivity contribution >= 4 is 19.7 Å². The Kier molecular flexibility index (Phi) is 4.34. The molecule has 4 heteroatoms. The third kappa shape index (κ3) is 4.03. The van der Waals surface area contributed by atoms with Gasteiger partial charge in [-0.3, -0.25) is 4.98 Å². The van der Waals surface area contributed by atoms with Crippen LogP contribution in [-0.2, 0) is 0 Å². The van der Waals surface area contributed by atoms with Gasteiger partial charge in [-0.15, -0.1) is 0 Å². The number of nitrogens with zero attached hydrogens (tertiary/aromatic N) is 2. The van der Waals surface area contributed by atoms with E-state index in [0.717, 1.165) is 22.7 Å². The second-order valence-electron chi connectivity index (χ2n) is 5.62. The molecule has 3 nitrogen and oxygen atoms in total. The van der Waals surface area contributed by atoms with Crippen molar-refractivity contribution in [1.29, 1.82) is 0 Å². The fourth-order valence-corrected chi connectivity index (χ4v) is 2.64. The van der Waals surface area contributed by atoms with Crippen molar-refractivity contribution in [3.8, 4) is 5.75 Å². The number of hydrogen-bond donors (Lipinski definition) is 0. The number of para-hydroxylation sites is 2. The smallest absolute Gasteiger partial charge is 0.242 e. The summed E-state index contributed by atoms with van der Waals surface area (Å²) in [6, 6.07) is 11.9. The highest BCUT2D eigenvalue weighted by Crippen LogP contribution is 2.29. The molecule has 0 atom stereocenters. The SMILES string of the molecule is CC(=Nc1ccccc1O[Si](C)(C)C)c1ccncc1. The Morgan fingerprint density at radius 2 is 1.70 bits per heavy atom. The molecule has 104 valence electrons. The van der Waals surface area contributed by atoms with Crippen molar-refractivity contribution in [2.75, 3.05) is 0 Å². The molecule has 0 spiro atoms. The number of rotatable bonds is 4. The molecule has 1 heterocycles. The van der Waals surface area contributed by atoms with Crippen LogP contribution in [0.1, 0.15) is 12.5 Å². The van der Waals surface area contributed by atoms with E-state index in [4.69, 9.17) is 9.42 Å². The first-order chi connectivity index (χ1) is 9.46. The van der Waals surface area contributed by atoms with E-state index in [0.29, 0.717) is 0 Å². The largest absolute Gasteiger partial charge is 0.543 e. The maximum atomic E-state index is 6.09. The molecule has 0 radical (unpaired) electrons. The molecule has 2 rings (SSSR count). The van der Waals surface area contributed by atoms with Crippen molar-refractivity contribution < 1.29 is 4.43 Å². The predicted octanol–water partition coefficient (Wildman–Crippen LogP) is 4.44. The lowest BCUT2D eigenvalue weighted by atomic mass is 10.2. The number of aliphatic imine (C=N–C) groups is 1. The van der Waals surface area contributed by atoms with Gasteiger partial charge in [-0.1, -0.05) is 12.1 Å². The molecule has 0 fully saturated rings. The first-order valence-electron chi connectivity index (χ1n) is 6.69. The van der Waals surface area contributed by atoms with Crippen LogP contribution in [0.15, 0.2) is 53.8 Å². The molecule has 0 amide bonds. The highest BCUT2D eigenvalue weighted by atomic mass is 28.4. The minimum Gasteiger partial charge on any atom is -0.543 e. The Bertz CT molecular complexity index is 603. The Balaban J connectivity index is 2.34. The summed E-state index contributed by atoms with van der Waals surface area (Å²) in [5.74, 6) is 0.861. The molecule has 0 saturated heterocycles. The molecule has 0 aliphatic carbocycles. The van der Waals surface area contributed by atoms with Gasteiger partial charge in [0.25, 0.3) is 0 Å². The summed E-state index contributed by atoms with van der Waals surface area (Å²) < 4.78 is 6.09. The van der Waals surface area contributed by atoms with E-state index in [1.54, 1.807) is 12.4 Å². The summed E-state index contributed by atoms with van der Waals surface area (Å²) in [4.78, 5) is 8.73. The molecule has 1 aromatic carbocycles. The van der Waals surface area contributed by atoms with Gasteiger partial charge in [0.05, 0.1) is 0 Å². The normalized spacial score (nSPS) is 12.3. The van der Waals surface area contributed by atoms with Gasteiger partial charge in [0, 0.05) is 18.1 Å². The van der Waals surface area contributed by atoms with Gasteiger partial charge in [-0.2, -0.15) is 0 Å². The number of aromatic nitrogens is 1. The lowest BCUT2D eigenvalue weighted by Gasteiger charge is -2.20. The van der Waals surface area contributed by atoms with E-state index in [-0.39, 0.29) is 0 Å². The zero-order valence-electron chi connectivity index (χ0n) is 12.4. The summed E-state index contributed by atoms with van der Waals surface area (Å²) >= 11 is 0. The van der Waals surface area contributed by atoms with Gasteiger partial charge in [0.2, 0.25) is 8.32 Å². The minimum absolute atomic E-state index is 0.861. The Labute approximate surface area is 121 Å². The lowest BCUT2D eigenvalue weighted by Crippen LogP contribution is -2.29. The van der Waals surface area contributed by atoms with Crippen molar-refractivity contribution in [3.63, 3.8) is 0 Å². The maximum absolute atomic E-state index is 6.09. The second-order valence-corrected chi connectivity index (χ2v) is 10.0. The molecular weight excluding hydrogens is 264 g/mol. The molecule has 20 heavy (non-hydrogen) atoms. The molecular formula is C16H20N2OSi. The van der Waals surface area contributed by atoms with Gasteiger partial charge in [0.15, 0.2) is 0 Å². The first-order valence-corrected chi connectivity index (χ1v) is 10.1. The van der Waals surface area contributed by atoms with Crippen LogP contribution >= 0.6 is 0 Å². The van der Waals surface area contributed by atoms with Crippen LogP contribution in [0, 0.1) is 0 Å². The van der Waals surface area contributed by atoms with Crippen LogP contribution in [0.4, 0.5) is 5.69 Å². The zero-order valence-corrected chi connectivity index (χ0v) is 13.4. The highest BCUT2D eigenvalue weighted by molar-refractivity contribution is 6.70. The van der Waals surface area contributed by atoms with E-state index < -0.39 is 8.32 Å². The summed E-state index contributed by atoms with van der Waals surface area (Å²) in [7, 11) is -1.64. The summed E-state index contributed by atoms with van der Waals surface area (Å²) in [6.45, 7) is 8.51. The van der Waals surface area contributed by atoms with Crippen LogP contribution in [0.25, 0.3) is 0 Å². The first kappa shape index (κ1) is 14.5. The van der Waals surface area contributed by atoms with E-state index in [9.17, 15) is 0 Å². The lowest BCUT2D eigenvalue weighted by molar-refractivity contribution is 0.559. The van der Waals surface area contributed by atoms with Crippen LogP contribution in [-0.4, -0.2) is 19.0 Å². The summed E-state index contributed by atoms with van der Waals surface area (Å²) in [5, 5.41) is 0. The quantitative estimate of drug-likeness (QED) is 0.614.